The smallest absolute Gasteiger partial charge is 0.351 e. The van der Waals surface area contributed by atoms with Crippen LogP contribution in [0, 0.1) is 0 Å². The van der Waals surface area contributed by atoms with E-state index < -0.39 is 5.97 Å². The van der Waals surface area contributed by atoms with Gasteiger partial charge in [0.05, 0.1) is 12.2 Å². The van der Waals surface area contributed by atoms with Gasteiger partial charge in [-0.1, -0.05) is 24.3 Å². The molecule has 4 nitrogen and oxygen atoms in total. The third kappa shape index (κ3) is 3.24. The van der Waals surface area contributed by atoms with E-state index in [1.807, 2.05) is 30.3 Å². The Labute approximate surface area is 94.5 Å². The summed E-state index contributed by atoms with van der Waals surface area (Å²) in [6.07, 6.45) is 1.67. The molecule has 16 heavy (non-hydrogen) atoms. The molecule has 1 N–H and O–H groups in total. The van der Waals surface area contributed by atoms with Gasteiger partial charge >= 0.3 is 5.97 Å². The van der Waals surface area contributed by atoms with Crippen LogP contribution in [0.2, 0.25) is 0 Å². The molecule has 0 fully saturated rings. The van der Waals surface area contributed by atoms with Crippen LogP contribution in [-0.4, -0.2) is 23.3 Å². The van der Waals surface area contributed by atoms with E-state index in [2.05, 4.69) is 11.7 Å². The zero-order valence-electron chi connectivity index (χ0n) is 9.13. The molecule has 4 heteroatoms. The Hall–Kier alpha value is -2.10. The van der Waals surface area contributed by atoms with Crippen LogP contribution in [0.15, 0.2) is 48.1 Å². The predicted molar refractivity (Wildman–Crippen MR) is 64.7 cm³/mol. The second-order valence-electron chi connectivity index (χ2n) is 3.20. The zero-order chi connectivity index (χ0) is 12.0. The van der Waals surface area contributed by atoms with Crippen LogP contribution in [0.1, 0.15) is 6.92 Å². The molecule has 0 atom stereocenters. The van der Waals surface area contributed by atoms with Crippen molar-refractivity contribution in [2.45, 2.75) is 6.92 Å². The summed E-state index contributed by atoms with van der Waals surface area (Å²) in [5.74, 6) is -1.02. The van der Waals surface area contributed by atoms with Crippen LogP contribution in [0.25, 0.3) is 0 Å². The Kier molecular flexibility index (Phi) is 4.27. The first-order valence-corrected chi connectivity index (χ1v) is 4.87. The Morgan fingerprint density at radius 1 is 1.50 bits per heavy atom. The molecular weight excluding hydrogens is 204 g/mol. The van der Waals surface area contributed by atoms with E-state index in [1.165, 1.54) is 6.92 Å². The Morgan fingerprint density at radius 3 is 2.62 bits per heavy atom. The molecule has 0 saturated heterocycles. The van der Waals surface area contributed by atoms with Gasteiger partial charge in [-0.25, -0.2) is 4.79 Å². The van der Waals surface area contributed by atoms with Crippen molar-refractivity contribution in [3.8, 4) is 0 Å². The molecule has 1 aromatic rings. The zero-order valence-corrected chi connectivity index (χ0v) is 9.13. The molecule has 0 aliphatic carbocycles. The topological polar surface area (TPSA) is 52.9 Å². The first kappa shape index (κ1) is 12.0. The number of carboxylic acid groups (broad SMARTS) is 1. The van der Waals surface area contributed by atoms with Gasteiger partial charge in [0.25, 0.3) is 0 Å². The van der Waals surface area contributed by atoms with Crippen molar-refractivity contribution in [2.24, 2.45) is 5.10 Å². The predicted octanol–water partition coefficient (Wildman–Crippen LogP) is 2.14. The molecule has 0 saturated carbocycles. The quantitative estimate of drug-likeness (QED) is 0.468. The fourth-order valence-electron chi connectivity index (χ4n) is 1.15. The van der Waals surface area contributed by atoms with Crippen molar-refractivity contribution in [3.05, 3.63) is 43.0 Å². The van der Waals surface area contributed by atoms with Crippen LogP contribution in [-0.2, 0) is 4.79 Å². The molecule has 0 aliphatic heterocycles. The lowest BCUT2D eigenvalue weighted by molar-refractivity contribution is -0.129. The van der Waals surface area contributed by atoms with Gasteiger partial charge in [-0.2, -0.15) is 5.10 Å². The standard InChI is InChI=1S/C12H14N2O2/c1-3-9-14(13-10(2)12(15)16)11-7-5-4-6-8-11/h3-8H,1,9H2,2H3,(H,15,16). The molecular formula is C12H14N2O2. The van der Waals surface area contributed by atoms with E-state index >= 15 is 0 Å². The molecule has 1 aromatic carbocycles. The monoisotopic (exact) mass is 218 g/mol. The number of carbonyl (C=O) groups is 1. The molecule has 1 rings (SSSR count). The summed E-state index contributed by atoms with van der Waals surface area (Å²) >= 11 is 0. The second kappa shape index (κ2) is 5.70. The van der Waals surface area contributed by atoms with Crippen molar-refractivity contribution in [3.63, 3.8) is 0 Å². The fraction of sp³-hybridized carbons (Fsp3) is 0.167. The maximum Gasteiger partial charge on any atom is 0.351 e. The minimum atomic E-state index is -1.02. The lowest BCUT2D eigenvalue weighted by atomic mass is 10.3. The SMILES string of the molecule is C=CCN(N=C(C)C(=O)O)c1ccccc1. The van der Waals surface area contributed by atoms with Crippen molar-refractivity contribution in [1.29, 1.82) is 0 Å². The van der Waals surface area contributed by atoms with E-state index in [9.17, 15) is 4.79 Å². The summed E-state index contributed by atoms with van der Waals surface area (Å²) in [7, 11) is 0. The first-order chi connectivity index (χ1) is 7.65. The Morgan fingerprint density at radius 2 is 2.12 bits per heavy atom. The van der Waals surface area contributed by atoms with Crippen LogP contribution in [0.4, 0.5) is 5.69 Å². The number of hydrogen-bond donors (Lipinski definition) is 1. The average molecular weight is 218 g/mol. The molecule has 0 aromatic heterocycles. The van der Waals surface area contributed by atoms with Gasteiger partial charge in [-0.3, -0.25) is 5.01 Å². The Bertz CT molecular complexity index is 399. The van der Waals surface area contributed by atoms with Crippen LogP contribution in [0.3, 0.4) is 0 Å². The number of nitrogens with zero attached hydrogens (tertiary/aromatic N) is 2. The van der Waals surface area contributed by atoms with Gasteiger partial charge in [-0.05, 0) is 19.1 Å². The van der Waals surface area contributed by atoms with E-state index in [0.29, 0.717) is 6.54 Å². The molecule has 0 bridgehead atoms. The largest absolute Gasteiger partial charge is 0.477 e. The number of anilines is 1. The highest BCUT2D eigenvalue weighted by Crippen LogP contribution is 2.13. The van der Waals surface area contributed by atoms with Crippen molar-refractivity contribution >= 4 is 17.4 Å². The van der Waals surface area contributed by atoms with Gasteiger partial charge in [0.2, 0.25) is 0 Å². The van der Waals surface area contributed by atoms with Crippen molar-refractivity contribution in [2.75, 3.05) is 11.6 Å². The van der Waals surface area contributed by atoms with Crippen LogP contribution in [0.5, 0.6) is 0 Å². The van der Waals surface area contributed by atoms with Crippen LogP contribution >= 0.6 is 0 Å². The van der Waals surface area contributed by atoms with Crippen LogP contribution < -0.4 is 5.01 Å². The summed E-state index contributed by atoms with van der Waals surface area (Å²) in [6.45, 7) is 5.55. The van der Waals surface area contributed by atoms with Crippen molar-refractivity contribution in [1.82, 2.24) is 0 Å². The van der Waals surface area contributed by atoms with Gasteiger partial charge < -0.3 is 5.11 Å². The number of aliphatic carboxylic acids is 1. The molecule has 0 amide bonds. The number of hydrogen-bond acceptors (Lipinski definition) is 3. The molecule has 0 spiro atoms. The van der Waals surface area contributed by atoms with E-state index in [0.717, 1.165) is 5.69 Å². The molecule has 0 heterocycles. The average Bonchev–Trinajstić information content (AvgIpc) is 2.29. The summed E-state index contributed by atoms with van der Waals surface area (Å²) < 4.78 is 0. The van der Waals surface area contributed by atoms with Crippen molar-refractivity contribution < 1.29 is 9.90 Å². The summed E-state index contributed by atoms with van der Waals surface area (Å²) in [4.78, 5) is 10.7. The van der Waals surface area contributed by atoms with E-state index in [-0.39, 0.29) is 5.71 Å². The Balaban J connectivity index is 2.96. The highest BCUT2D eigenvalue weighted by atomic mass is 16.4. The first-order valence-electron chi connectivity index (χ1n) is 4.87. The van der Waals surface area contributed by atoms with Gasteiger partial charge in [0, 0.05) is 0 Å². The van der Waals surface area contributed by atoms with E-state index in [4.69, 9.17) is 5.11 Å². The molecule has 0 radical (unpaired) electrons. The number of benzene rings is 1. The number of rotatable bonds is 5. The lowest BCUT2D eigenvalue weighted by Gasteiger charge is -2.17. The summed E-state index contributed by atoms with van der Waals surface area (Å²) in [5, 5.41) is 14.4. The normalized spacial score (nSPS) is 10.9. The maximum atomic E-state index is 10.7. The van der Waals surface area contributed by atoms with Gasteiger partial charge in [0.1, 0.15) is 5.71 Å². The third-order valence-electron chi connectivity index (χ3n) is 1.94. The minimum Gasteiger partial charge on any atom is -0.477 e. The third-order valence-corrected chi connectivity index (χ3v) is 1.94. The summed E-state index contributed by atoms with van der Waals surface area (Å²) in [6, 6.07) is 9.36. The van der Waals surface area contributed by atoms with Gasteiger partial charge in [-0.15, -0.1) is 6.58 Å². The molecule has 0 unspecified atom stereocenters. The van der Waals surface area contributed by atoms with Gasteiger partial charge in [0.15, 0.2) is 0 Å². The second-order valence-corrected chi connectivity index (χ2v) is 3.20. The molecule has 84 valence electrons. The minimum absolute atomic E-state index is 0.0469. The number of hydrazone groups is 1. The highest BCUT2D eigenvalue weighted by Gasteiger charge is 2.07. The highest BCUT2D eigenvalue weighted by molar-refractivity contribution is 6.34. The maximum absolute atomic E-state index is 10.7. The summed E-state index contributed by atoms with van der Waals surface area (Å²) in [5.41, 5.74) is 0.883. The van der Waals surface area contributed by atoms with E-state index in [1.54, 1.807) is 11.1 Å². The lowest BCUT2D eigenvalue weighted by Crippen LogP contribution is -2.21. The number of carboxylic acids is 1. The molecule has 0 aliphatic rings. The fourth-order valence-corrected chi connectivity index (χ4v) is 1.15. The number of para-hydroxylation sites is 1.